The van der Waals surface area contributed by atoms with Gasteiger partial charge < -0.3 is 4.74 Å². The van der Waals surface area contributed by atoms with Crippen molar-refractivity contribution < 1.29 is 17.9 Å². The van der Waals surface area contributed by atoms with Gasteiger partial charge >= 0.3 is 0 Å². The normalized spacial score (nSPS) is 12.6. The first kappa shape index (κ1) is 27.0. The van der Waals surface area contributed by atoms with Crippen molar-refractivity contribution in [1.82, 2.24) is 10.1 Å². The van der Waals surface area contributed by atoms with Crippen molar-refractivity contribution in [2.45, 2.75) is 38.3 Å². The van der Waals surface area contributed by atoms with E-state index >= 15 is 0 Å². The number of aryl methyl sites for hydroxylation is 1. The molecule has 7 nitrogen and oxygen atoms in total. The van der Waals surface area contributed by atoms with Crippen LogP contribution in [0.1, 0.15) is 30.5 Å². The van der Waals surface area contributed by atoms with Crippen LogP contribution in [0.25, 0.3) is 10.8 Å². The summed E-state index contributed by atoms with van der Waals surface area (Å²) in [5.41, 5.74) is 5.25. The van der Waals surface area contributed by atoms with Crippen molar-refractivity contribution in [3.63, 3.8) is 0 Å². The molecular formula is C30H31N3O4S. The summed E-state index contributed by atoms with van der Waals surface area (Å²) in [5, 5.41) is 6.35. The predicted molar refractivity (Wildman–Crippen MR) is 151 cm³/mol. The molecule has 2 N–H and O–H groups in total. The van der Waals surface area contributed by atoms with E-state index in [0.717, 1.165) is 22.1 Å². The molecule has 1 atom stereocenters. The third-order valence-corrected chi connectivity index (χ3v) is 7.56. The largest absolute Gasteiger partial charge is 0.489 e. The van der Waals surface area contributed by atoms with Crippen LogP contribution in [0.5, 0.6) is 5.75 Å². The quantitative estimate of drug-likeness (QED) is 0.219. The SMILES string of the molecule is Cc1ccc(S(=O)(=O)N[C@@H](C(=O)N/N=C\c2ccc(OCc3cccc4ccccc34)cc2)C(C)C)cc1. The Kier molecular flexibility index (Phi) is 8.55. The number of hydrogen-bond acceptors (Lipinski definition) is 5. The molecule has 1 amide bonds. The minimum atomic E-state index is -3.86. The van der Waals surface area contributed by atoms with Crippen molar-refractivity contribution in [2.75, 3.05) is 0 Å². The first-order valence-electron chi connectivity index (χ1n) is 12.3. The van der Waals surface area contributed by atoms with E-state index in [-0.39, 0.29) is 10.8 Å². The van der Waals surface area contributed by atoms with Gasteiger partial charge in [0.25, 0.3) is 5.91 Å². The van der Waals surface area contributed by atoms with Crippen LogP contribution in [-0.2, 0) is 21.4 Å². The fourth-order valence-corrected chi connectivity index (χ4v) is 5.26. The minimum Gasteiger partial charge on any atom is -0.489 e. The fraction of sp³-hybridized carbons (Fsp3) is 0.200. The lowest BCUT2D eigenvalue weighted by Gasteiger charge is -2.20. The van der Waals surface area contributed by atoms with Crippen LogP contribution in [-0.4, -0.2) is 26.6 Å². The number of hydrogen-bond donors (Lipinski definition) is 2. The number of nitrogens with zero attached hydrogens (tertiary/aromatic N) is 1. The molecular weight excluding hydrogens is 498 g/mol. The van der Waals surface area contributed by atoms with Gasteiger partial charge in [0.1, 0.15) is 18.4 Å². The average molecular weight is 530 g/mol. The Morgan fingerprint density at radius 1 is 0.921 bits per heavy atom. The number of amides is 1. The van der Waals surface area contributed by atoms with Crippen molar-refractivity contribution in [1.29, 1.82) is 0 Å². The third kappa shape index (κ3) is 6.85. The number of carbonyl (C=O) groups is 1. The van der Waals surface area contributed by atoms with Crippen LogP contribution in [0.3, 0.4) is 0 Å². The van der Waals surface area contributed by atoms with Crippen LogP contribution in [0.2, 0.25) is 0 Å². The molecule has 0 spiro atoms. The van der Waals surface area contributed by atoms with E-state index in [0.29, 0.717) is 12.4 Å². The second kappa shape index (κ2) is 12.0. The Morgan fingerprint density at radius 2 is 1.61 bits per heavy atom. The number of nitrogens with one attached hydrogen (secondary N) is 2. The van der Waals surface area contributed by atoms with E-state index < -0.39 is 22.0 Å². The summed E-state index contributed by atoms with van der Waals surface area (Å²) in [4.78, 5) is 12.8. The first-order chi connectivity index (χ1) is 18.2. The standard InChI is InChI=1S/C30H31N3O4S/c1-21(2)29(33-38(35,36)27-17-11-22(3)12-18-27)30(34)32-31-19-23-13-15-26(16-14-23)37-20-25-9-6-8-24-7-4-5-10-28(24)25/h4-19,21,29,33H,20H2,1-3H3,(H,32,34)/b31-19-/t29-/m1/s1. The maximum atomic E-state index is 12.8. The number of rotatable bonds is 10. The van der Waals surface area contributed by atoms with Crippen LogP contribution < -0.4 is 14.9 Å². The highest BCUT2D eigenvalue weighted by Gasteiger charge is 2.28. The van der Waals surface area contributed by atoms with E-state index in [9.17, 15) is 13.2 Å². The lowest BCUT2D eigenvalue weighted by atomic mass is 10.1. The first-order valence-corrected chi connectivity index (χ1v) is 13.8. The number of fused-ring (bicyclic) bond motifs is 1. The molecule has 0 saturated heterocycles. The van der Waals surface area contributed by atoms with Crippen molar-refractivity contribution >= 4 is 32.9 Å². The number of sulfonamides is 1. The maximum Gasteiger partial charge on any atom is 0.258 e. The van der Waals surface area contributed by atoms with Crippen molar-refractivity contribution in [2.24, 2.45) is 11.0 Å². The highest BCUT2D eigenvalue weighted by Crippen LogP contribution is 2.21. The smallest absolute Gasteiger partial charge is 0.258 e. The summed E-state index contributed by atoms with van der Waals surface area (Å²) in [6, 6.07) is 27.1. The number of hydrazone groups is 1. The Bertz CT molecular complexity index is 1530. The second-order valence-electron chi connectivity index (χ2n) is 9.39. The summed E-state index contributed by atoms with van der Waals surface area (Å²) in [6.45, 7) is 5.85. The molecule has 4 rings (SSSR count). The molecule has 0 radical (unpaired) electrons. The summed E-state index contributed by atoms with van der Waals surface area (Å²) in [5.74, 6) is -0.116. The maximum absolute atomic E-state index is 12.8. The van der Waals surface area contributed by atoms with Crippen LogP contribution in [0, 0.1) is 12.8 Å². The highest BCUT2D eigenvalue weighted by molar-refractivity contribution is 7.89. The van der Waals surface area contributed by atoms with Gasteiger partial charge in [-0.25, -0.2) is 13.8 Å². The Morgan fingerprint density at radius 3 is 2.32 bits per heavy atom. The molecule has 196 valence electrons. The number of carbonyl (C=O) groups excluding carboxylic acids is 1. The molecule has 0 unspecified atom stereocenters. The Balaban J connectivity index is 1.34. The topological polar surface area (TPSA) is 96.9 Å². The number of ether oxygens (including phenoxy) is 1. The van der Waals surface area contributed by atoms with Crippen LogP contribution >= 0.6 is 0 Å². The zero-order valence-corrected chi connectivity index (χ0v) is 22.4. The predicted octanol–water partition coefficient (Wildman–Crippen LogP) is 5.18. The van der Waals surface area contributed by atoms with Gasteiger partial charge in [0.05, 0.1) is 11.1 Å². The highest BCUT2D eigenvalue weighted by atomic mass is 32.2. The minimum absolute atomic E-state index is 0.104. The van der Waals surface area contributed by atoms with Gasteiger partial charge in [0.15, 0.2) is 0 Å². The summed E-state index contributed by atoms with van der Waals surface area (Å²) < 4.78 is 34.0. The molecule has 0 saturated carbocycles. The molecule has 0 bridgehead atoms. The lowest BCUT2D eigenvalue weighted by molar-refractivity contribution is -0.123. The van der Waals surface area contributed by atoms with Gasteiger partial charge in [-0.3, -0.25) is 4.79 Å². The lowest BCUT2D eigenvalue weighted by Crippen LogP contribution is -2.48. The van der Waals surface area contributed by atoms with Gasteiger partial charge in [-0.15, -0.1) is 0 Å². The van der Waals surface area contributed by atoms with E-state index in [1.165, 1.54) is 23.7 Å². The molecule has 0 heterocycles. The molecule has 0 aromatic heterocycles. The zero-order valence-electron chi connectivity index (χ0n) is 21.6. The van der Waals surface area contributed by atoms with Crippen molar-refractivity contribution in [3.8, 4) is 5.75 Å². The molecule has 4 aromatic rings. The van der Waals surface area contributed by atoms with Gasteiger partial charge in [0.2, 0.25) is 10.0 Å². The molecule has 0 aliphatic rings. The van der Waals surface area contributed by atoms with Gasteiger partial charge in [0, 0.05) is 0 Å². The zero-order chi connectivity index (χ0) is 27.1. The van der Waals surface area contributed by atoms with Gasteiger partial charge in [-0.05, 0) is 71.1 Å². The Hall–Kier alpha value is -4.01. The molecule has 4 aromatic carbocycles. The monoisotopic (exact) mass is 529 g/mol. The number of benzene rings is 4. The molecule has 38 heavy (non-hydrogen) atoms. The van der Waals surface area contributed by atoms with E-state index in [1.807, 2.05) is 49.4 Å². The van der Waals surface area contributed by atoms with E-state index in [4.69, 9.17) is 4.74 Å². The third-order valence-electron chi connectivity index (χ3n) is 6.11. The summed E-state index contributed by atoms with van der Waals surface area (Å²) in [6.07, 6.45) is 1.50. The fourth-order valence-electron chi connectivity index (χ4n) is 3.91. The Labute approximate surface area is 223 Å². The van der Waals surface area contributed by atoms with Crippen molar-refractivity contribution in [3.05, 3.63) is 108 Å². The molecule has 0 fully saturated rings. The van der Waals surface area contributed by atoms with E-state index in [2.05, 4.69) is 39.5 Å². The van der Waals surface area contributed by atoms with E-state index in [1.54, 1.807) is 26.0 Å². The average Bonchev–Trinajstić information content (AvgIpc) is 2.91. The summed E-state index contributed by atoms with van der Waals surface area (Å²) in [7, 11) is -3.86. The molecule has 8 heteroatoms. The second-order valence-corrected chi connectivity index (χ2v) is 11.1. The summed E-state index contributed by atoms with van der Waals surface area (Å²) >= 11 is 0. The molecule has 0 aliphatic carbocycles. The van der Waals surface area contributed by atoms with Crippen LogP contribution in [0.4, 0.5) is 0 Å². The van der Waals surface area contributed by atoms with Gasteiger partial charge in [-0.2, -0.15) is 9.82 Å². The van der Waals surface area contributed by atoms with Crippen LogP contribution in [0.15, 0.2) is 101 Å². The molecule has 0 aliphatic heterocycles. The van der Waals surface area contributed by atoms with Gasteiger partial charge in [-0.1, -0.05) is 74.0 Å².